The van der Waals surface area contributed by atoms with Crippen molar-refractivity contribution in [1.29, 1.82) is 0 Å². The molecule has 0 saturated heterocycles. The Morgan fingerprint density at radius 1 is 1.41 bits per heavy atom. The molecule has 0 bridgehead atoms. The van der Waals surface area contributed by atoms with Gasteiger partial charge in [0.25, 0.3) is 5.91 Å². The number of hydrogen-bond acceptors (Lipinski definition) is 4. The summed E-state index contributed by atoms with van der Waals surface area (Å²) in [6, 6.07) is 4.40. The summed E-state index contributed by atoms with van der Waals surface area (Å²) in [6.45, 7) is -0.594. The molecule has 0 aliphatic rings. The lowest BCUT2D eigenvalue weighted by Crippen LogP contribution is -2.40. The first-order valence-corrected chi connectivity index (χ1v) is 5.20. The molecule has 0 aliphatic carbocycles. The Labute approximate surface area is 97.3 Å². The van der Waals surface area contributed by atoms with Crippen molar-refractivity contribution < 1.29 is 15.0 Å². The summed E-state index contributed by atoms with van der Waals surface area (Å²) >= 11 is 0. The van der Waals surface area contributed by atoms with E-state index in [1.54, 1.807) is 24.5 Å². The number of imidazole rings is 1. The van der Waals surface area contributed by atoms with Crippen LogP contribution >= 0.6 is 0 Å². The molecule has 6 heteroatoms. The SMILES string of the molecule is O=C(NC(CO)CO)c1ccc2nc[nH]c2c1. The van der Waals surface area contributed by atoms with Gasteiger partial charge in [-0.3, -0.25) is 4.79 Å². The first kappa shape index (κ1) is 11.6. The number of aliphatic hydroxyl groups is 2. The molecule has 0 radical (unpaired) electrons. The van der Waals surface area contributed by atoms with Crippen LogP contribution in [0.2, 0.25) is 0 Å². The summed E-state index contributed by atoms with van der Waals surface area (Å²) in [5.74, 6) is -0.338. The maximum atomic E-state index is 11.8. The fourth-order valence-corrected chi connectivity index (χ4v) is 1.49. The third-order valence-corrected chi connectivity index (χ3v) is 2.46. The average molecular weight is 235 g/mol. The van der Waals surface area contributed by atoms with Gasteiger partial charge in [-0.05, 0) is 18.2 Å². The molecule has 0 fully saturated rings. The molecule has 0 unspecified atom stereocenters. The van der Waals surface area contributed by atoms with Crippen LogP contribution in [0.3, 0.4) is 0 Å². The van der Waals surface area contributed by atoms with Crippen LogP contribution in [0.4, 0.5) is 0 Å². The van der Waals surface area contributed by atoms with Crippen LogP contribution in [0.15, 0.2) is 24.5 Å². The van der Waals surface area contributed by atoms with Crippen LogP contribution in [0.1, 0.15) is 10.4 Å². The standard InChI is InChI=1S/C11H13N3O3/c15-4-8(5-16)14-11(17)7-1-2-9-10(3-7)13-6-12-9/h1-3,6,8,15-16H,4-5H2,(H,12,13)(H,14,17). The molecule has 0 aliphatic heterocycles. The van der Waals surface area contributed by atoms with Gasteiger partial charge >= 0.3 is 0 Å². The normalized spacial score (nSPS) is 11.0. The van der Waals surface area contributed by atoms with E-state index in [-0.39, 0.29) is 19.1 Å². The zero-order valence-electron chi connectivity index (χ0n) is 9.05. The molecule has 0 spiro atoms. The highest BCUT2D eigenvalue weighted by Crippen LogP contribution is 2.11. The maximum absolute atomic E-state index is 11.8. The van der Waals surface area contributed by atoms with Crippen molar-refractivity contribution in [2.75, 3.05) is 13.2 Å². The number of hydrogen-bond donors (Lipinski definition) is 4. The van der Waals surface area contributed by atoms with Gasteiger partial charge in [-0.1, -0.05) is 0 Å². The summed E-state index contributed by atoms with van der Waals surface area (Å²) in [4.78, 5) is 18.7. The smallest absolute Gasteiger partial charge is 0.251 e. The molecule has 1 amide bonds. The van der Waals surface area contributed by atoms with Crippen LogP contribution in [0.5, 0.6) is 0 Å². The topological polar surface area (TPSA) is 98.2 Å². The van der Waals surface area contributed by atoms with Gasteiger partial charge in [-0.25, -0.2) is 4.98 Å². The van der Waals surface area contributed by atoms with E-state index in [4.69, 9.17) is 10.2 Å². The van der Waals surface area contributed by atoms with Gasteiger partial charge in [0, 0.05) is 5.56 Å². The van der Waals surface area contributed by atoms with E-state index >= 15 is 0 Å². The predicted octanol–water partition coefficient (Wildman–Crippen LogP) is -0.354. The minimum atomic E-state index is -0.639. The molecular formula is C11H13N3O3. The first-order chi connectivity index (χ1) is 8.24. The summed E-state index contributed by atoms with van der Waals surface area (Å²) in [5, 5.41) is 20.3. The number of H-pyrrole nitrogens is 1. The number of nitrogens with zero attached hydrogens (tertiary/aromatic N) is 1. The Kier molecular flexibility index (Phi) is 3.36. The lowest BCUT2D eigenvalue weighted by molar-refractivity contribution is 0.0879. The van der Waals surface area contributed by atoms with Crippen LogP contribution in [-0.2, 0) is 0 Å². The minimum Gasteiger partial charge on any atom is -0.394 e. The largest absolute Gasteiger partial charge is 0.394 e. The molecule has 2 aromatic rings. The Morgan fingerprint density at radius 3 is 2.88 bits per heavy atom. The molecule has 1 heterocycles. The van der Waals surface area contributed by atoms with E-state index < -0.39 is 6.04 Å². The van der Waals surface area contributed by atoms with Crippen LogP contribution < -0.4 is 5.32 Å². The third-order valence-electron chi connectivity index (χ3n) is 2.46. The van der Waals surface area contributed by atoms with Crippen LogP contribution in [0, 0.1) is 0 Å². The number of aliphatic hydroxyl groups excluding tert-OH is 2. The van der Waals surface area contributed by atoms with Crippen molar-refractivity contribution in [3.63, 3.8) is 0 Å². The van der Waals surface area contributed by atoms with Crippen LogP contribution in [0.25, 0.3) is 11.0 Å². The second-order valence-corrected chi connectivity index (χ2v) is 3.67. The molecule has 4 N–H and O–H groups in total. The number of fused-ring (bicyclic) bond motifs is 1. The van der Waals surface area contributed by atoms with Crippen molar-refractivity contribution in [3.05, 3.63) is 30.1 Å². The van der Waals surface area contributed by atoms with E-state index in [1.807, 2.05) is 0 Å². The number of nitrogens with one attached hydrogen (secondary N) is 2. The molecule has 1 aromatic carbocycles. The summed E-state index contributed by atoms with van der Waals surface area (Å²) in [5.41, 5.74) is 2.00. The first-order valence-electron chi connectivity index (χ1n) is 5.20. The van der Waals surface area contributed by atoms with E-state index in [2.05, 4.69) is 15.3 Å². The van der Waals surface area contributed by atoms with Gasteiger partial charge in [-0.2, -0.15) is 0 Å². The molecule has 17 heavy (non-hydrogen) atoms. The van der Waals surface area contributed by atoms with Gasteiger partial charge in [0.05, 0.1) is 36.6 Å². The Hall–Kier alpha value is -1.92. The molecule has 0 saturated carbocycles. The number of amides is 1. The van der Waals surface area contributed by atoms with Gasteiger partial charge in [0.15, 0.2) is 0 Å². The second kappa shape index (κ2) is 4.94. The monoisotopic (exact) mass is 235 g/mol. The van der Waals surface area contributed by atoms with Crippen LogP contribution in [-0.4, -0.2) is 45.3 Å². The number of aromatic amines is 1. The average Bonchev–Trinajstić information content (AvgIpc) is 2.82. The van der Waals surface area contributed by atoms with Crippen molar-refractivity contribution in [1.82, 2.24) is 15.3 Å². The number of benzene rings is 1. The van der Waals surface area contributed by atoms with Crippen molar-refractivity contribution in [2.24, 2.45) is 0 Å². The number of aromatic nitrogens is 2. The zero-order chi connectivity index (χ0) is 12.3. The Balaban J connectivity index is 2.18. The molecule has 6 nitrogen and oxygen atoms in total. The number of carbonyl (C=O) groups is 1. The highest BCUT2D eigenvalue weighted by Gasteiger charge is 2.12. The number of carbonyl (C=O) groups excluding carboxylic acids is 1. The highest BCUT2D eigenvalue weighted by molar-refractivity contribution is 5.97. The summed E-state index contributed by atoms with van der Waals surface area (Å²) in [6.07, 6.45) is 1.55. The third kappa shape index (κ3) is 2.43. The summed E-state index contributed by atoms with van der Waals surface area (Å²) in [7, 11) is 0. The molecular weight excluding hydrogens is 222 g/mol. The molecule has 90 valence electrons. The van der Waals surface area contributed by atoms with E-state index in [0.29, 0.717) is 5.56 Å². The zero-order valence-corrected chi connectivity index (χ0v) is 9.05. The van der Waals surface area contributed by atoms with Gasteiger partial charge in [-0.15, -0.1) is 0 Å². The number of rotatable bonds is 4. The second-order valence-electron chi connectivity index (χ2n) is 3.67. The quantitative estimate of drug-likeness (QED) is 0.582. The van der Waals surface area contributed by atoms with Gasteiger partial charge in [0.2, 0.25) is 0 Å². The van der Waals surface area contributed by atoms with E-state index in [1.165, 1.54) is 0 Å². The predicted molar refractivity (Wildman–Crippen MR) is 61.5 cm³/mol. The fraction of sp³-hybridized carbons (Fsp3) is 0.273. The lowest BCUT2D eigenvalue weighted by Gasteiger charge is -2.13. The summed E-state index contributed by atoms with van der Waals surface area (Å²) < 4.78 is 0. The highest BCUT2D eigenvalue weighted by atomic mass is 16.3. The van der Waals surface area contributed by atoms with E-state index in [0.717, 1.165) is 11.0 Å². The van der Waals surface area contributed by atoms with Crippen molar-refractivity contribution in [2.45, 2.75) is 6.04 Å². The molecule has 1 aromatic heterocycles. The van der Waals surface area contributed by atoms with Gasteiger partial charge in [0.1, 0.15) is 0 Å². The van der Waals surface area contributed by atoms with Gasteiger partial charge < -0.3 is 20.5 Å². The van der Waals surface area contributed by atoms with Crippen molar-refractivity contribution >= 4 is 16.9 Å². The lowest BCUT2D eigenvalue weighted by atomic mass is 10.1. The maximum Gasteiger partial charge on any atom is 0.251 e. The van der Waals surface area contributed by atoms with Crippen molar-refractivity contribution in [3.8, 4) is 0 Å². The minimum absolute atomic E-state index is 0.297. The fourth-order valence-electron chi connectivity index (χ4n) is 1.49. The Morgan fingerprint density at radius 2 is 2.18 bits per heavy atom. The molecule has 0 atom stereocenters. The Bertz CT molecular complexity index is 519. The van der Waals surface area contributed by atoms with E-state index in [9.17, 15) is 4.79 Å². The molecule has 2 rings (SSSR count).